The number of benzene rings is 3. The second-order valence-corrected chi connectivity index (χ2v) is 5.65. The Bertz CT molecular complexity index is 869. The monoisotopic (exact) mass is 366 g/mol. The zero-order valence-electron chi connectivity index (χ0n) is 14.3. The van der Waals surface area contributed by atoms with Gasteiger partial charge in [-0.15, -0.1) is 10.2 Å². The second-order valence-electron chi connectivity index (χ2n) is 5.65. The van der Waals surface area contributed by atoms with Crippen molar-refractivity contribution < 1.29 is 22.6 Å². The Hall–Kier alpha value is -3.02. The lowest BCUT2D eigenvalue weighted by atomic mass is 10.2. The SMILES string of the molecule is COc1ccc(N2[NH2+]C(c3ccccc3)=NN2c2ccccc2)cc1.[Cl-]. The number of nitrogens with two attached hydrogens (primary N) is 1. The van der Waals surface area contributed by atoms with Crippen LogP contribution in [0.1, 0.15) is 5.56 Å². The lowest BCUT2D eigenvalue weighted by molar-refractivity contribution is -0.545. The molecule has 0 aromatic heterocycles. The summed E-state index contributed by atoms with van der Waals surface area (Å²) in [5, 5.41) is 8.76. The van der Waals surface area contributed by atoms with E-state index in [0.29, 0.717) is 0 Å². The van der Waals surface area contributed by atoms with Crippen LogP contribution in [0.3, 0.4) is 0 Å². The summed E-state index contributed by atoms with van der Waals surface area (Å²) in [6.45, 7) is 0. The van der Waals surface area contributed by atoms with E-state index >= 15 is 0 Å². The van der Waals surface area contributed by atoms with Gasteiger partial charge in [0, 0.05) is 0 Å². The summed E-state index contributed by atoms with van der Waals surface area (Å²) in [6.07, 6.45) is 0. The molecule has 0 fully saturated rings. The number of methoxy groups -OCH3 is 1. The molecule has 0 radical (unpaired) electrons. The second kappa shape index (κ2) is 7.91. The third kappa shape index (κ3) is 3.49. The molecule has 4 rings (SSSR count). The van der Waals surface area contributed by atoms with Crippen LogP contribution < -0.4 is 32.8 Å². The molecule has 0 unspecified atom stereocenters. The lowest BCUT2D eigenvalue weighted by Gasteiger charge is -2.23. The van der Waals surface area contributed by atoms with E-state index < -0.39 is 0 Å². The van der Waals surface area contributed by atoms with Crippen LogP contribution in [0, 0.1) is 0 Å². The normalized spacial score (nSPS) is 13.2. The van der Waals surface area contributed by atoms with E-state index in [1.807, 2.05) is 88.5 Å². The highest BCUT2D eigenvalue weighted by molar-refractivity contribution is 5.93. The number of hydrazone groups is 1. The number of hydrazine groups is 1. The number of amidine groups is 1. The van der Waals surface area contributed by atoms with Gasteiger partial charge >= 0.3 is 0 Å². The topological polar surface area (TPSA) is 44.7 Å². The number of anilines is 2. The van der Waals surface area contributed by atoms with E-state index in [2.05, 4.69) is 12.1 Å². The van der Waals surface area contributed by atoms with Gasteiger partial charge in [0.1, 0.15) is 11.4 Å². The van der Waals surface area contributed by atoms with Gasteiger partial charge in [0.2, 0.25) is 0 Å². The minimum Gasteiger partial charge on any atom is -1.00 e. The highest BCUT2D eigenvalue weighted by Gasteiger charge is 2.31. The van der Waals surface area contributed by atoms with Crippen LogP contribution in [0.15, 0.2) is 90.0 Å². The molecule has 6 heteroatoms. The Morgan fingerprint density at radius 2 is 1.38 bits per heavy atom. The first-order valence-electron chi connectivity index (χ1n) is 8.12. The quantitative estimate of drug-likeness (QED) is 0.649. The van der Waals surface area contributed by atoms with Crippen molar-refractivity contribution in [2.24, 2.45) is 5.10 Å². The van der Waals surface area contributed by atoms with Gasteiger partial charge in [0.25, 0.3) is 5.84 Å². The highest BCUT2D eigenvalue weighted by Crippen LogP contribution is 2.24. The summed E-state index contributed by atoms with van der Waals surface area (Å²) in [7, 11) is 1.67. The maximum atomic E-state index is 5.26. The van der Waals surface area contributed by atoms with Crippen molar-refractivity contribution in [3.05, 3.63) is 90.5 Å². The number of hydrogen-bond donors (Lipinski definition) is 1. The molecule has 5 nitrogen and oxygen atoms in total. The minimum atomic E-state index is 0. The smallest absolute Gasteiger partial charge is 0.277 e. The number of halogens is 1. The lowest BCUT2D eigenvalue weighted by Crippen LogP contribution is -3.00. The molecule has 0 saturated heterocycles. The summed E-state index contributed by atoms with van der Waals surface area (Å²) >= 11 is 0. The van der Waals surface area contributed by atoms with E-state index in [0.717, 1.165) is 28.5 Å². The van der Waals surface area contributed by atoms with Crippen molar-refractivity contribution in [1.82, 2.24) is 0 Å². The fourth-order valence-electron chi connectivity index (χ4n) is 2.75. The summed E-state index contributed by atoms with van der Waals surface area (Å²) in [5.41, 5.74) is 5.14. The Kier molecular flexibility index (Phi) is 5.41. The molecule has 3 aromatic rings. The molecule has 0 saturated carbocycles. The third-order valence-electron chi connectivity index (χ3n) is 4.04. The average Bonchev–Trinajstić information content (AvgIpc) is 3.15. The fraction of sp³-hybridized carbons (Fsp3) is 0.0500. The summed E-state index contributed by atoms with van der Waals surface area (Å²) < 4.78 is 5.26. The maximum Gasteiger partial charge on any atom is 0.277 e. The summed E-state index contributed by atoms with van der Waals surface area (Å²) in [6, 6.07) is 28.2. The fourth-order valence-corrected chi connectivity index (χ4v) is 2.75. The molecule has 0 atom stereocenters. The van der Waals surface area contributed by atoms with E-state index in [1.165, 1.54) is 0 Å². The third-order valence-corrected chi connectivity index (χ3v) is 4.04. The van der Waals surface area contributed by atoms with Crippen molar-refractivity contribution >= 4 is 17.2 Å². The molecule has 0 aliphatic carbocycles. The highest BCUT2D eigenvalue weighted by atomic mass is 35.5. The predicted molar refractivity (Wildman–Crippen MR) is 99.3 cm³/mol. The van der Waals surface area contributed by atoms with Gasteiger partial charge in [-0.1, -0.05) is 41.5 Å². The van der Waals surface area contributed by atoms with Crippen LogP contribution in [0.25, 0.3) is 0 Å². The Balaban J connectivity index is 0.00000196. The van der Waals surface area contributed by atoms with Gasteiger partial charge in [0.15, 0.2) is 0 Å². The standard InChI is InChI=1S/C20H18N4O.ClH/c1-25-19-14-12-18(13-15-19)24-22-20(16-8-4-2-5-9-16)21-23(24)17-10-6-3-7-11-17;/h2-15H,1H3,(H,21,22);1H. The van der Waals surface area contributed by atoms with Crippen molar-refractivity contribution in [2.45, 2.75) is 0 Å². The zero-order valence-corrected chi connectivity index (χ0v) is 15.0. The van der Waals surface area contributed by atoms with Crippen LogP contribution >= 0.6 is 0 Å². The Labute approximate surface area is 158 Å². The van der Waals surface area contributed by atoms with Crippen molar-refractivity contribution in [1.29, 1.82) is 0 Å². The molecule has 2 N–H and O–H groups in total. The molecule has 0 bridgehead atoms. The number of nitrogens with zero attached hydrogens (tertiary/aromatic N) is 3. The predicted octanol–water partition coefficient (Wildman–Crippen LogP) is -0.219. The van der Waals surface area contributed by atoms with E-state index in [-0.39, 0.29) is 12.4 Å². The molecular weight excluding hydrogens is 348 g/mol. The van der Waals surface area contributed by atoms with Gasteiger partial charge in [0.05, 0.1) is 18.4 Å². The van der Waals surface area contributed by atoms with Gasteiger partial charge in [-0.2, -0.15) is 5.43 Å². The molecule has 1 heterocycles. The molecule has 1 aliphatic heterocycles. The average molecular weight is 367 g/mol. The van der Waals surface area contributed by atoms with Crippen LogP contribution in [0.5, 0.6) is 5.75 Å². The van der Waals surface area contributed by atoms with E-state index in [1.54, 1.807) is 7.11 Å². The number of rotatable bonds is 4. The Morgan fingerprint density at radius 1 is 0.769 bits per heavy atom. The van der Waals surface area contributed by atoms with Gasteiger partial charge in [-0.3, -0.25) is 0 Å². The van der Waals surface area contributed by atoms with Crippen molar-refractivity contribution in [3.8, 4) is 5.75 Å². The minimum absolute atomic E-state index is 0. The van der Waals surface area contributed by atoms with E-state index in [4.69, 9.17) is 9.84 Å². The molecule has 0 spiro atoms. The number of hydrogen-bond acceptors (Lipinski definition) is 4. The largest absolute Gasteiger partial charge is 1.00 e. The molecule has 132 valence electrons. The van der Waals surface area contributed by atoms with Crippen LogP contribution in [-0.2, 0) is 0 Å². The molecular formula is C20H19ClN4O. The van der Waals surface area contributed by atoms with Crippen LogP contribution in [0.4, 0.5) is 11.4 Å². The molecule has 3 aromatic carbocycles. The first-order chi connectivity index (χ1) is 12.3. The van der Waals surface area contributed by atoms with Crippen molar-refractivity contribution in [2.75, 3.05) is 17.3 Å². The van der Waals surface area contributed by atoms with Gasteiger partial charge < -0.3 is 17.1 Å². The first kappa shape index (κ1) is 17.8. The maximum absolute atomic E-state index is 5.26. The first-order valence-corrected chi connectivity index (χ1v) is 8.12. The molecule has 26 heavy (non-hydrogen) atoms. The van der Waals surface area contributed by atoms with Gasteiger partial charge in [-0.05, 0) is 48.5 Å². The molecule has 1 aliphatic rings. The summed E-state index contributed by atoms with van der Waals surface area (Å²) in [4.78, 5) is 0. The van der Waals surface area contributed by atoms with Crippen LogP contribution in [0.2, 0.25) is 0 Å². The van der Waals surface area contributed by atoms with Crippen LogP contribution in [-0.4, -0.2) is 12.9 Å². The molecule has 0 amide bonds. The summed E-state index contributed by atoms with van der Waals surface area (Å²) in [5.74, 6) is 1.75. The zero-order chi connectivity index (χ0) is 17.1. The number of para-hydroxylation sites is 1. The van der Waals surface area contributed by atoms with Gasteiger partial charge in [-0.25, -0.2) is 0 Å². The number of ether oxygens (including phenoxy) is 1. The van der Waals surface area contributed by atoms with Crippen molar-refractivity contribution in [3.63, 3.8) is 0 Å². The van der Waals surface area contributed by atoms with E-state index in [9.17, 15) is 0 Å². The Morgan fingerprint density at radius 3 is 2.00 bits per heavy atom. The number of quaternary nitrogens is 1.